The van der Waals surface area contributed by atoms with Gasteiger partial charge >= 0.3 is 0 Å². The molecule has 2 aromatic rings. The molecule has 0 saturated heterocycles. The Bertz CT molecular complexity index is 599. The Morgan fingerprint density at radius 1 is 1.28 bits per heavy atom. The molecule has 0 radical (unpaired) electrons. The van der Waals surface area contributed by atoms with Crippen LogP contribution in [0.25, 0.3) is 11.4 Å². The summed E-state index contributed by atoms with van der Waals surface area (Å²) in [5, 5.41) is 0. The molecule has 1 aromatic heterocycles. The van der Waals surface area contributed by atoms with Gasteiger partial charge in [0, 0.05) is 11.3 Å². The molecule has 0 aliphatic carbocycles. The van der Waals surface area contributed by atoms with E-state index in [0.29, 0.717) is 10.5 Å². The Morgan fingerprint density at radius 2 is 2.06 bits per heavy atom. The van der Waals surface area contributed by atoms with Gasteiger partial charge in [-0.05, 0) is 43.2 Å². The van der Waals surface area contributed by atoms with Crippen LogP contribution in [0.4, 0.5) is 4.39 Å². The highest BCUT2D eigenvalue weighted by atomic mass is 32.1. The van der Waals surface area contributed by atoms with E-state index in [2.05, 4.69) is 16.9 Å². The minimum absolute atomic E-state index is 0.257. The van der Waals surface area contributed by atoms with E-state index in [9.17, 15) is 4.39 Å². The van der Waals surface area contributed by atoms with Gasteiger partial charge in [-0.1, -0.05) is 25.6 Å². The first-order chi connectivity index (χ1) is 8.58. The molecule has 2 nitrogen and oxygen atoms in total. The highest BCUT2D eigenvalue weighted by Gasteiger charge is 2.05. The van der Waals surface area contributed by atoms with Crippen LogP contribution in [0.2, 0.25) is 0 Å². The van der Waals surface area contributed by atoms with Crippen molar-refractivity contribution in [2.24, 2.45) is 0 Å². The molecule has 4 heteroatoms. The zero-order chi connectivity index (χ0) is 13.1. The minimum Gasteiger partial charge on any atom is -0.343 e. The normalized spacial score (nSPS) is 10.6. The van der Waals surface area contributed by atoms with Gasteiger partial charge in [0.25, 0.3) is 0 Å². The van der Waals surface area contributed by atoms with Gasteiger partial charge in [-0.2, -0.15) is 0 Å². The van der Waals surface area contributed by atoms with Crippen molar-refractivity contribution in [3.8, 4) is 11.4 Å². The third-order valence-electron chi connectivity index (χ3n) is 2.63. The van der Waals surface area contributed by atoms with Crippen LogP contribution in [0.1, 0.15) is 24.6 Å². The van der Waals surface area contributed by atoms with Crippen molar-refractivity contribution in [2.75, 3.05) is 0 Å². The second-order valence-corrected chi connectivity index (χ2v) is 4.78. The quantitative estimate of drug-likeness (QED) is 0.839. The molecule has 94 valence electrons. The number of hydrogen-bond donors (Lipinski definition) is 1. The lowest BCUT2D eigenvalue weighted by Crippen LogP contribution is -1.96. The molecule has 0 aliphatic rings. The van der Waals surface area contributed by atoms with E-state index >= 15 is 0 Å². The summed E-state index contributed by atoms with van der Waals surface area (Å²) in [4.78, 5) is 7.47. The first kappa shape index (κ1) is 12.9. The molecule has 0 bridgehead atoms. The van der Waals surface area contributed by atoms with E-state index in [1.54, 1.807) is 0 Å². The van der Waals surface area contributed by atoms with Gasteiger partial charge in [0.1, 0.15) is 16.3 Å². The van der Waals surface area contributed by atoms with Gasteiger partial charge in [0.05, 0.1) is 0 Å². The first-order valence-corrected chi connectivity index (χ1v) is 6.37. The fraction of sp³-hybridized carbons (Fsp3) is 0.286. The van der Waals surface area contributed by atoms with E-state index in [-0.39, 0.29) is 5.82 Å². The highest BCUT2D eigenvalue weighted by molar-refractivity contribution is 7.71. The molecule has 0 fully saturated rings. The Labute approximate surface area is 111 Å². The van der Waals surface area contributed by atoms with Crippen molar-refractivity contribution >= 4 is 12.2 Å². The molecule has 18 heavy (non-hydrogen) atoms. The topological polar surface area (TPSA) is 28.7 Å². The van der Waals surface area contributed by atoms with Gasteiger partial charge in [-0.25, -0.2) is 9.37 Å². The summed E-state index contributed by atoms with van der Waals surface area (Å²) in [7, 11) is 0. The molecule has 1 heterocycles. The van der Waals surface area contributed by atoms with Gasteiger partial charge in [0.2, 0.25) is 0 Å². The molecule has 0 saturated carbocycles. The van der Waals surface area contributed by atoms with Gasteiger partial charge in [-0.3, -0.25) is 0 Å². The van der Waals surface area contributed by atoms with Crippen LogP contribution >= 0.6 is 12.2 Å². The van der Waals surface area contributed by atoms with E-state index in [0.717, 1.165) is 29.7 Å². The molecular formula is C14H15FN2S. The number of benzene rings is 1. The molecular weight excluding hydrogens is 247 g/mol. The summed E-state index contributed by atoms with van der Waals surface area (Å²) in [6, 6.07) is 6.71. The summed E-state index contributed by atoms with van der Waals surface area (Å²) in [6.07, 6.45) is 1.93. The highest BCUT2D eigenvalue weighted by Crippen LogP contribution is 2.19. The van der Waals surface area contributed by atoms with Crippen molar-refractivity contribution in [1.29, 1.82) is 0 Å². The molecule has 1 aromatic carbocycles. The predicted octanol–water partition coefficient (Wildman–Crippen LogP) is 4.21. The number of nitrogens with one attached hydrogen (secondary N) is 1. The number of aryl methyl sites for hydroxylation is 2. The van der Waals surface area contributed by atoms with E-state index < -0.39 is 0 Å². The maximum absolute atomic E-state index is 13.4. The van der Waals surface area contributed by atoms with Crippen molar-refractivity contribution in [3.63, 3.8) is 0 Å². The maximum Gasteiger partial charge on any atom is 0.139 e. The molecule has 0 amide bonds. The number of aromatic amines is 1. The Hall–Kier alpha value is -1.55. The second-order valence-electron chi connectivity index (χ2n) is 4.36. The fourth-order valence-corrected chi connectivity index (χ4v) is 2.15. The zero-order valence-corrected chi connectivity index (χ0v) is 11.3. The minimum atomic E-state index is -0.257. The van der Waals surface area contributed by atoms with Crippen LogP contribution in [-0.2, 0) is 6.42 Å². The molecule has 0 spiro atoms. The molecule has 1 N–H and O–H groups in total. The smallest absolute Gasteiger partial charge is 0.139 e. The van der Waals surface area contributed by atoms with Crippen LogP contribution in [-0.4, -0.2) is 9.97 Å². The second kappa shape index (κ2) is 5.40. The lowest BCUT2D eigenvalue weighted by Gasteiger charge is -2.06. The largest absolute Gasteiger partial charge is 0.343 e. The predicted molar refractivity (Wildman–Crippen MR) is 73.5 cm³/mol. The SMILES string of the molecule is CCCc1cc(=S)nc(-c2cc(C)cc(F)c2)[nH]1. The van der Waals surface area contributed by atoms with Crippen LogP contribution in [0, 0.1) is 17.4 Å². The number of H-pyrrole nitrogens is 1. The van der Waals surface area contributed by atoms with Gasteiger partial charge in [0.15, 0.2) is 0 Å². The lowest BCUT2D eigenvalue weighted by atomic mass is 10.1. The Balaban J connectivity index is 2.52. The standard InChI is InChI=1S/C14H15FN2S/c1-3-4-12-8-13(18)17-14(16-12)10-5-9(2)6-11(15)7-10/h5-8H,3-4H2,1-2H3,(H,16,17,18). The van der Waals surface area contributed by atoms with Gasteiger partial charge in [-0.15, -0.1) is 0 Å². The lowest BCUT2D eigenvalue weighted by molar-refractivity contribution is 0.627. The monoisotopic (exact) mass is 262 g/mol. The van der Waals surface area contributed by atoms with E-state index in [1.165, 1.54) is 12.1 Å². The van der Waals surface area contributed by atoms with Crippen LogP contribution < -0.4 is 0 Å². The first-order valence-electron chi connectivity index (χ1n) is 5.96. The molecule has 2 rings (SSSR count). The number of nitrogens with zero attached hydrogens (tertiary/aromatic N) is 1. The van der Waals surface area contributed by atoms with Crippen LogP contribution in [0.15, 0.2) is 24.3 Å². The number of halogens is 1. The zero-order valence-electron chi connectivity index (χ0n) is 10.5. The van der Waals surface area contributed by atoms with Crippen molar-refractivity contribution < 1.29 is 4.39 Å². The Morgan fingerprint density at radius 3 is 2.72 bits per heavy atom. The van der Waals surface area contributed by atoms with E-state index in [1.807, 2.05) is 19.1 Å². The molecule has 0 unspecified atom stereocenters. The average molecular weight is 262 g/mol. The summed E-state index contributed by atoms with van der Waals surface area (Å²) >= 11 is 5.14. The number of rotatable bonds is 3. The third kappa shape index (κ3) is 3.01. The van der Waals surface area contributed by atoms with Crippen molar-refractivity contribution in [1.82, 2.24) is 9.97 Å². The molecule has 0 atom stereocenters. The third-order valence-corrected chi connectivity index (χ3v) is 2.84. The van der Waals surface area contributed by atoms with Crippen LogP contribution in [0.3, 0.4) is 0 Å². The number of hydrogen-bond acceptors (Lipinski definition) is 2. The number of aromatic nitrogens is 2. The summed E-state index contributed by atoms with van der Waals surface area (Å²) in [5.74, 6) is 0.376. The summed E-state index contributed by atoms with van der Waals surface area (Å²) in [6.45, 7) is 3.96. The fourth-order valence-electron chi connectivity index (χ4n) is 1.92. The van der Waals surface area contributed by atoms with Crippen molar-refractivity contribution in [2.45, 2.75) is 26.7 Å². The van der Waals surface area contributed by atoms with Crippen LogP contribution in [0.5, 0.6) is 0 Å². The van der Waals surface area contributed by atoms with Crippen molar-refractivity contribution in [3.05, 3.63) is 46.0 Å². The maximum atomic E-state index is 13.4. The summed E-state index contributed by atoms with van der Waals surface area (Å²) in [5.41, 5.74) is 2.64. The van der Waals surface area contributed by atoms with E-state index in [4.69, 9.17) is 12.2 Å². The average Bonchev–Trinajstić information content (AvgIpc) is 2.27. The summed E-state index contributed by atoms with van der Waals surface area (Å²) < 4.78 is 13.9. The Kier molecular flexibility index (Phi) is 3.87. The van der Waals surface area contributed by atoms with Gasteiger partial charge < -0.3 is 4.98 Å². The molecule has 0 aliphatic heterocycles.